The lowest BCUT2D eigenvalue weighted by molar-refractivity contribution is -0.151. The Labute approximate surface area is 206 Å². The van der Waals surface area contributed by atoms with E-state index in [1.807, 2.05) is 32.6 Å². The first kappa shape index (κ1) is 27.1. The number of hydrogen-bond acceptors (Lipinski definition) is 6. The van der Waals surface area contributed by atoms with E-state index in [-0.39, 0.29) is 29.4 Å². The second-order valence-electron chi connectivity index (χ2n) is 9.72. The third kappa shape index (κ3) is 6.58. The number of carbonyl (C=O) groups is 2. The minimum absolute atomic E-state index is 0.103. The number of rotatable bonds is 7. The average molecular weight is 513 g/mol. The van der Waals surface area contributed by atoms with E-state index >= 15 is 0 Å². The van der Waals surface area contributed by atoms with Crippen LogP contribution in [0, 0.1) is 5.92 Å². The summed E-state index contributed by atoms with van der Waals surface area (Å²) >= 11 is 1.27. The van der Waals surface area contributed by atoms with Crippen LogP contribution in [-0.2, 0) is 34.2 Å². The van der Waals surface area contributed by atoms with Gasteiger partial charge in [0.15, 0.2) is 0 Å². The molecule has 2 heterocycles. The van der Waals surface area contributed by atoms with Crippen molar-refractivity contribution in [2.75, 3.05) is 20.2 Å². The van der Waals surface area contributed by atoms with E-state index in [0.29, 0.717) is 30.0 Å². The number of aryl methyl sites for hydroxylation is 1. The van der Waals surface area contributed by atoms with Crippen molar-refractivity contribution in [1.29, 1.82) is 0 Å². The molecule has 1 aromatic carbocycles. The molecule has 0 aliphatic carbocycles. The van der Waals surface area contributed by atoms with Gasteiger partial charge in [-0.3, -0.25) is 14.5 Å². The topological polar surface area (TPSA) is 76.8 Å². The van der Waals surface area contributed by atoms with Crippen LogP contribution in [0.25, 0.3) is 0 Å². The number of methoxy groups -OCH3 is 1. The first-order valence-corrected chi connectivity index (χ1v) is 12.3. The van der Waals surface area contributed by atoms with Gasteiger partial charge in [0.25, 0.3) is 5.91 Å². The molecule has 1 aliphatic heterocycles. The first-order valence-electron chi connectivity index (χ1n) is 11.5. The number of benzene rings is 1. The molecule has 11 heteroatoms. The number of carbonyl (C=O) groups excluding carboxylic acids is 2. The Morgan fingerprint density at radius 3 is 2.49 bits per heavy atom. The van der Waals surface area contributed by atoms with Crippen LogP contribution in [0.15, 0.2) is 23.2 Å². The van der Waals surface area contributed by atoms with Gasteiger partial charge in [-0.05, 0) is 24.1 Å². The highest BCUT2D eigenvalue weighted by atomic mass is 32.1. The lowest BCUT2D eigenvalue weighted by Crippen LogP contribution is -2.50. The van der Waals surface area contributed by atoms with E-state index < -0.39 is 17.6 Å². The molecule has 0 spiro atoms. The fourth-order valence-corrected chi connectivity index (χ4v) is 4.63. The summed E-state index contributed by atoms with van der Waals surface area (Å²) in [5, 5.41) is 5.40. The summed E-state index contributed by atoms with van der Waals surface area (Å²) < 4.78 is 46.7. The van der Waals surface area contributed by atoms with Crippen molar-refractivity contribution < 1.29 is 27.5 Å². The summed E-state index contributed by atoms with van der Waals surface area (Å²) in [6, 6.07) is 3.14. The van der Waals surface area contributed by atoms with Crippen LogP contribution < -0.4 is 4.80 Å². The molecule has 7 nitrogen and oxygen atoms in total. The molecular formula is C24H31F3N4O3S. The fraction of sp³-hybridized carbons (Fsp3) is 0.583. The highest BCUT2D eigenvalue weighted by molar-refractivity contribution is 7.09. The van der Waals surface area contributed by atoms with Crippen LogP contribution in [0.5, 0.6) is 0 Å². The molecule has 3 rings (SSSR count). The van der Waals surface area contributed by atoms with Gasteiger partial charge in [-0.15, -0.1) is 0 Å². The van der Waals surface area contributed by atoms with Crippen LogP contribution in [-0.4, -0.2) is 46.8 Å². The predicted octanol–water partition coefficient (Wildman–Crippen LogP) is 4.41. The lowest BCUT2D eigenvalue weighted by atomic mass is 9.97. The number of aromatic nitrogens is 2. The number of amides is 1. The third-order valence-corrected chi connectivity index (χ3v) is 7.11. The SMILES string of the molecule is CCCCn1nc(C(C)(C)C)sc1=NC(=O)c1cc(C(F)(F)F)ccc1CN1CC(C(=O)OC)C1. The molecule has 1 amide bonds. The van der Waals surface area contributed by atoms with E-state index in [1.165, 1.54) is 24.5 Å². The van der Waals surface area contributed by atoms with E-state index in [4.69, 9.17) is 4.74 Å². The van der Waals surface area contributed by atoms with Crippen molar-refractivity contribution in [1.82, 2.24) is 14.7 Å². The van der Waals surface area contributed by atoms with Gasteiger partial charge in [0.1, 0.15) is 5.01 Å². The van der Waals surface area contributed by atoms with Crippen LogP contribution in [0.1, 0.15) is 67.0 Å². The quantitative estimate of drug-likeness (QED) is 0.514. The minimum Gasteiger partial charge on any atom is -0.469 e. The molecule has 35 heavy (non-hydrogen) atoms. The standard InChI is InChI=1S/C24H31F3N4O3S/c1-6-7-10-31-22(35-21(29-31)23(2,3)4)28-19(32)18-11-17(24(25,26)27)9-8-15(18)12-30-13-16(14-30)20(33)34-5/h8-9,11,16H,6-7,10,12-14H2,1-5H3. The molecule has 0 atom stereocenters. The van der Waals surface area contributed by atoms with E-state index in [1.54, 1.807) is 4.68 Å². The van der Waals surface area contributed by atoms with Crippen molar-refractivity contribution in [3.8, 4) is 0 Å². The van der Waals surface area contributed by atoms with E-state index in [2.05, 4.69) is 10.1 Å². The number of halogens is 3. The van der Waals surface area contributed by atoms with E-state index in [0.717, 1.165) is 30.0 Å². The van der Waals surface area contributed by atoms with Gasteiger partial charge in [0.2, 0.25) is 4.80 Å². The Kier molecular flexibility index (Phi) is 8.21. The van der Waals surface area contributed by atoms with Crippen molar-refractivity contribution >= 4 is 23.2 Å². The van der Waals surface area contributed by atoms with Crippen molar-refractivity contribution in [3.05, 3.63) is 44.7 Å². The second-order valence-corrected chi connectivity index (χ2v) is 10.7. The summed E-state index contributed by atoms with van der Waals surface area (Å²) in [5.41, 5.74) is -0.843. The summed E-state index contributed by atoms with van der Waals surface area (Å²) in [5.74, 6) is -1.34. The molecule has 1 saturated heterocycles. The molecule has 1 aromatic heterocycles. The fourth-order valence-electron chi connectivity index (χ4n) is 3.64. The molecule has 0 unspecified atom stereocenters. The molecule has 0 radical (unpaired) electrons. The molecule has 1 fully saturated rings. The third-order valence-electron chi connectivity index (χ3n) is 5.74. The molecule has 192 valence electrons. The molecule has 0 saturated carbocycles. The predicted molar refractivity (Wildman–Crippen MR) is 126 cm³/mol. The zero-order chi connectivity index (χ0) is 26.0. The molecular weight excluding hydrogens is 481 g/mol. The Morgan fingerprint density at radius 2 is 1.91 bits per heavy atom. The van der Waals surface area contributed by atoms with Gasteiger partial charge >= 0.3 is 12.1 Å². The van der Waals surface area contributed by atoms with Crippen LogP contribution in [0.3, 0.4) is 0 Å². The smallest absolute Gasteiger partial charge is 0.416 e. The summed E-state index contributed by atoms with van der Waals surface area (Å²) in [7, 11) is 1.32. The van der Waals surface area contributed by atoms with E-state index in [9.17, 15) is 22.8 Å². The monoisotopic (exact) mass is 512 g/mol. The number of alkyl halides is 3. The Morgan fingerprint density at radius 1 is 1.23 bits per heavy atom. The van der Waals surface area contributed by atoms with Crippen LogP contribution in [0.4, 0.5) is 13.2 Å². The summed E-state index contributed by atoms with van der Waals surface area (Å²) in [6.45, 7) is 9.67. The van der Waals surface area contributed by atoms with Crippen LogP contribution >= 0.6 is 11.3 Å². The van der Waals surface area contributed by atoms with Gasteiger partial charge in [0.05, 0.1) is 18.6 Å². The first-order chi connectivity index (χ1) is 16.3. The molecule has 0 bridgehead atoms. The maximum absolute atomic E-state index is 13.4. The van der Waals surface area contributed by atoms with Gasteiger partial charge in [0, 0.05) is 37.2 Å². The Bertz CT molecular complexity index is 1140. The summed E-state index contributed by atoms with van der Waals surface area (Å²) in [4.78, 5) is 31.4. The van der Waals surface area contributed by atoms with Gasteiger partial charge < -0.3 is 4.74 Å². The summed E-state index contributed by atoms with van der Waals surface area (Å²) in [6.07, 6.45) is -2.84. The molecule has 2 aromatic rings. The highest BCUT2D eigenvalue weighted by Gasteiger charge is 2.35. The molecule has 1 aliphatic rings. The van der Waals surface area contributed by atoms with Crippen molar-refractivity contribution in [2.45, 2.75) is 65.2 Å². The molecule has 0 N–H and O–H groups in total. The van der Waals surface area contributed by atoms with Gasteiger partial charge in [-0.25, -0.2) is 4.68 Å². The number of unbranched alkanes of at least 4 members (excludes halogenated alkanes) is 1. The number of nitrogens with zero attached hydrogens (tertiary/aromatic N) is 4. The Hall–Kier alpha value is -2.53. The van der Waals surface area contributed by atoms with Gasteiger partial charge in [-0.2, -0.15) is 23.3 Å². The maximum atomic E-state index is 13.4. The number of esters is 1. The van der Waals surface area contributed by atoms with Crippen LogP contribution in [0.2, 0.25) is 0 Å². The van der Waals surface area contributed by atoms with Crippen molar-refractivity contribution in [2.24, 2.45) is 10.9 Å². The average Bonchev–Trinajstić information content (AvgIpc) is 3.16. The second kappa shape index (κ2) is 10.6. The highest BCUT2D eigenvalue weighted by Crippen LogP contribution is 2.32. The number of ether oxygens (including phenoxy) is 1. The lowest BCUT2D eigenvalue weighted by Gasteiger charge is -2.37. The van der Waals surface area contributed by atoms with Gasteiger partial charge in [-0.1, -0.05) is 51.5 Å². The number of hydrogen-bond donors (Lipinski definition) is 0. The number of likely N-dealkylation sites (tertiary alicyclic amines) is 1. The zero-order valence-electron chi connectivity index (χ0n) is 20.6. The zero-order valence-corrected chi connectivity index (χ0v) is 21.4. The minimum atomic E-state index is -4.59. The Balaban J connectivity index is 1.98. The largest absolute Gasteiger partial charge is 0.469 e. The normalized spacial score (nSPS) is 15.8. The van der Waals surface area contributed by atoms with Crippen molar-refractivity contribution in [3.63, 3.8) is 0 Å². The maximum Gasteiger partial charge on any atom is 0.416 e.